The molecule has 0 bridgehead atoms. The summed E-state index contributed by atoms with van der Waals surface area (Å²) < 4.78 is 5.07. The summed E-state index contributed by atoms with van der Waals surface area (Å²) >= 11 is 0. The second-order valence-corrected chi connectivity index (χ2v) is 3.57. The third kappa shape index (κ3) is 4.39. The molecule has 1 N–H and O–H groups in total. The molecule has 3 nitrogen and oxygen atoms in total. The van der Waals surface area contributed by atoms with E-state index in [2.05, 4.69) is 5.32 Å². The van der Waals surface area contributed by atoms with Crippen molar-refractivity contribution >= 4 is 5.78 Å². The smallest absolute Gasteiger partial charge is 0.158 e. The normalized spacial score (nSPS) is 18.8. The van der Waals surface area contributed by atoms with Gasteiger partial charge in [0.05, 0.1) is 0 Å². The number of ether oxygens (including phenoxy) is 1. The van der Waals surface area contributed by atoms with Crippen molar-refractivity contribution in [3.8, 4) is 0 Å². The molecule has 1 saturated heterocycles. The van der Waals surface area contributed by atoms with Gasteiger partial charge in [-0.25, -0.2) is 0 Å². The zero-order chi connectivity index (χ0) is 9.52. The highest BCUT2D eigenvalue weighted by Gasteiger charge is 2.16. The fraction of sp³-hybridized carbons (Fsp3) is 0.900. The van der Waals surface area contributed by atoms with Gasteiger partial charge in [0, 0.05) is 13.0 Å². The molecule has 1 aliphatic rings. The minimum absolute atomic E-state index is 0.258. The van der Waals surface area contributed by atoms with E-state index in [4.69, 9.17) is 4.74 Å². The Hall–Kier alpha value is -0.410. The number of piperidine rings is 1. The van der Waals surface area contributed by atoms with Gasteiger partial charge in [0.25, 0.3) is 0 Å². The zero-order valence-electron chi connectivity index (χ0n) is 8.34. The number of hydrogen-bond donors (Lipinski definition) is 1. The lowest BCUT2D eigenvalue weighted by molar-refractivity contribution is -0.124. The highest BCUT2D eigenvalue weighted by Crippen LogP contribution is 2.15. The van der Waals surface area contributed by atoms with Crippen LogP contribution in [0.4, 0.5) is 0 Å². The number of hydrogen-bond acceptors (Lipinski definition) is 3. The maximum atomic E-state index is 11.3. The van der Waals surface area contributed by atoms with Crippen LogP contribution < -0.4 is 5.32 Å². The largest absolute Gasteiger partial charge is 0.374 e. The van der Waals surface area contributed by atoms with Gasteiger partial charge in [-0.2, -0.15) is 0 Å². The molecule has 0 aromatic carbocycles. The van der Waals surface area contributed by atoms with Crippen molar-refractivity contribution < 1.29 is 9.53 Å². The van der Waals surface area contributed by atoms with Crippen LogP contribution in [-0.4, -0.2) is 32.1 Å². The molecule has 1 heterocycles. The average molecular weight is 185 g/mol. The van der Waals surface area contributed by atoms with Crippen molar-refractivity contribution in [2.75, 3.05) is 26.3 Å². The van der Waals surface area contributed by atoms with Crippen molar-refractivity contribution in [3.05, 3.63) is 0 Å². The molecule has 1 aliphatic heterocycles. The number of carbonyl (C=O) groups is 1. The summed E-state index contributed by atoms with van der Waals surface area (Å²) in [4.78, 5) is 11.3. The van der Waals surface area contributed by atoms with Crippen LogP contribution in [0.5, 0.6) is 0 Å². The zero-order valence-corrected chi connectivity index (χ0v) is 8.34. The lowest BCUT2D eigenvalue weighted by atomic mass is 9.93. The van der Waals surface area contributed by atoms with E-state index in [1.165, 1.54) is 0 Å². The van der Waals surface area contributed by atoms with Crippen LogP contribution in [0, 0.1) is 5.92 Å². The minimum Gasteiger partial charge on any atom is -0.374 e. The predicted octanol–water partition coefficient (Wildman–Crippen LogP) is 0.982. The Balaban J connectivity index is 2.11. The van der Waals surface area contributed by atoms with Crippen LogP contribution >= 0.6 is 0 Å². The Morgan fingerprint density at radius 1 is 1.46 bits per heavy atom. The molecule has 0 amide bonds. The van der Waals surface area contributed by atoms with Crippen LogP contribution in [0.25, 0.3) is 0 Å². The van der Waals surface area contributed by atoms with Crippen LogP contribution in [0.1, 0.15) is 26.2 Å². The molecule has 0 aromatic heterocycles. The Morgan fingerprint density at radius 3 is 2.77 bits per heavy atom. The fourth-order valence-corrected chi connectivity index (χ4v) is 1.68. The topological polar surface area (TPSA) is 38.3 Å². The van der Waals surface area contributed by atoms with Gasteiger partial charge < -0.3 is 10.1 Å². The SMILES string of the molecule is CCOCC(=O)CC1CCNCC1. The number of nitrogens with one attached hydrogen (secondary N) is 1. The van der Waals surface area contributed by atoms with Crippen LogP contribution in [0.3, 0.4) is 0 Å². The summed E-state index contributed by atoms with van der Waals surface area (Å²) in [5, 5.41) is 3.29. The molecule has 1 rings (SSSR count). The maximum Gasteiger partial charge on any atom is 0.158 e. The molecule has 0 aromatic rings. The summed E-state index contributed by atoms with van der Waals surface area (Å²) in [6.45, 7) is 4.98. The van der Waals surface area contributed by atoms with E-state index in [1.807, 2.05) is 6.92 Å². The van der Waals surface area contributed by atoms with Gasteiger partial charge in [-0.1, -0.05) is 0 Å². The van der Waals surface area contributed by atoms with Crippen molar-refractivity contribution in [2.45, 2.75) is 26.2 Å². The van der Waals surface area contributed by atoms with Crippen molar-refractivity contribution in [3.63, 3.8) is 0 Å². The van der Waals surface area contributed by atoms with Gasteiger partial charge in [0.2, 0.25) is 0 Å². The Kier molecular flexibility index (Phi) is 5.01. The Bertz CT molecular complexity index is 153. The van der Waals surface area contributed by atoms with Gasteiger partial charge in [0.15, 0.2) is 5.78 Å². The maximum absolute atomic E-state index is 11.3. The standard InChI is InChI=1S/C10H19NO2/c1-2-13-8-10(12)7-9-3-5-11-6-4-9/h9,11H,2-8H2,1H3. The molecule has 0 saturated carbocycles. The van der Waals surface area contributed by atoms with Crippen molar-refractivity contribution in [1.82, 2.24) is 5.32 Å². The Labute approximate surface area is 79.8 Å². The van der Waals surface area contributed by atoms with E-state index < -0.39 is 0 Å². The van der Waals surface area contributed by atoms with E-state index in [-0.39, 0.29) is 5.78 Å². The van der Waals surface area contributed by atoms with Gasteiger partial charge >= 0.3 is 0 Å². The first-order chi connectivity index (χ1) is 6.33. The van der Waals surface area contributed by atoms with Gasteiger partial charge in [0.1, 0.15) is 6.61 Å². The molecule has 13 heavy (non-hydrogen) atoms. The summed E-state index contributed by atoms with van der Waals surface area (Å²) in [6, 6.07) is 0. The van der Waals surface area contributed by atoms with E-state index in [0.717, 1.165) is 25.9 Å². The molecular formula is C10H19NO2. The monoisotopic (exact) mass is 185 g/mol. The first-order valence-electron chi connectivity index (χ1n) is 5.13. The van der Waals surface area contributed by atoms with Gasteiger partial charge in [-0.3, -0.25) is 4.79 Å². The summed E-state index contributed by atoms with van der Waals surface area (Å²) in [5.74, 6) is 0.850. The number of Topliss-reactive ketones (excluding diaryl/α,β-unsaturated/α-hetero) is 1. The third-order valence-corrected chi connectivity index (χ3v) is 2.44. The molecule has 0 spiro atoms. The highest BCUT2D eigenvalue weighted by atomic mass is 16.5. The molecule has 3 heteroatoms. The van der Waals surface area contributed by atoms with Gasteiger partial charge in [-0.15, -0.1) is 0 Å². The quantitative estimate of drug-likeness (QED) is 0.694. The Morgan fingerprint density at radius 2 is 2.15 bits per heavy atom. The molecule has 0 atom stereocenters. The molecular weight excluding hydrogens is 166 g/mol. The molecule has 0 aliphatic carbocycles. The summed E-state index contributed by atoms with van der Waals surface area (Å²) in [5.41, 5.74) is 0. The van der Waals surface area contributed by atoms with E-state index in [9.17, 15) is 4.79 Å². The molecule has 0 unspecified atom stereocenters. The van der Waals surface area contributed by atoms with E-state index in [0.29, 0.717) is 25.6 Å². The average Bonchev–Trinajstić information content (AvgIpc) is 2.16. The van der Waals surface area contributed by atoms with E-state index in [1.54, 1.807) is 0 Å². The highest BCUT2D eigenvalue weighted by molar-refractivity contribution is 5.79. The number of rotatable bonds is 5. The van der Waals surface area contributed by atoms with Crippen molar-refractivity contribution in [1.29, 1.82) is 0 Å². The lowest BCUT2D eigenvalue weighted by Gasteiger charge is -2.21. The first kappa shape index (κ1) is 10.7. The lowest BCUT2D eigenvalue weighted by Crippen LogP contribution is -2.29. The van der Waals surface area contributed by atoms with E-state index >= 15 is 0 Å². The molecule has 0 radical (unpaired) electrons. The first-order valence-corrected chi connectivity index (χ1v) is 5.13. The number of ketones is 1. The summed E-state index contributed by atoms with van der Waals surface area (Å²) in [6.07, 6.45) is 2.98. The second kappa shape index (κ2) is 6.11. The fourth-order valence-electron chi connectivity index (χ4n) is 1.68. The second-order valence-electron chi connectivity index (χ2n) is 3.57. The van der Waals surface area contributed by atoms with Crippen molar-refractivity contribution in [2.24, 2.45) is 5.92 Å². The van der Waals surface area contributed by atoms with Gasteiger partial charge in [-0.05, 0) is 38.8 Å². The van der Waals surface area contributed by atoms with Crippen LogP contribution in [0.15, 0.2) is 0 Å². The predicted molar refractivity (Wildman–Crippen MR) is 51.7 cm³/mol. The number of carbonyl (C=O) groups excluding carboxylic acids is 1. The molecule has 1 fully saturated rings. The third-order valence-electron chi connectivity index (χ3n) is 2.44. The molecule has 76 valence electrons. The minimum atomic E-state index is 0.258. The van der Waals surface area contributed by atoms with Crippen LogP contribution in [-0.2, 0) is 9.53 Å². The van der Waals surface area contributed by atoms with Crippen LogP contribution in [0.2, 0.25) is 0 Å². The summed E-state index contributed by atoms with van der Waals surface area (Å²) in [7, 11) is 0.